The highest BCUT2D eigenvalue weighted by molar-refractivity contribution is 7.94. The zero-order valence-corrected chi connectivity index (χ0v) is 19.3. The molecule has 0 bridgehead atoms. The Bertz CT molecular complexity index is 1240. The first-order valence-corrected chi connectivity index (χ1v) is 12.2. The van der Waals surface area contributed by atoms with E-state index in [0.29, 0.717) is 11.4 Å². The molecule has 0 aliphatic heterocycles. The van der Waals surface area contributed by atoms with Gasteiger partial charge in [0, 0.05) is 22.7 Å². The minimum absolute atomic E-state index is 0.231. The third-order valence-electron chi connectivity index (χ3n) is 3.47. The summed E-state index contributed by atoms with van der Waals surface area (Å²) >= 11 is 0.901. The van der Waals surface area contributed by atoms with Crippen LogP contribution in [0.15, 0.2) is 87.5 Å². The Balaban J connectivity index is 0.000000247. The molecule has 0 aliphatic rings. The number of nitrogens with two attached hydrogens (primary N) is 1. The van der Waals surface area contributed by atoms with E-state index in [1.54, 1.807) is 36.4 Å². The van der Waals surface area contributed by atoms with Gasteiger partial charge in [-0.25, -0.2) is 22.1 Å². The van der Waals surface area contributed by atoms with Crippen LogP contribution in [0.5, 0.6) is 0 Å². The number of benzene rings is 3. The van der Waals surface area contributed by atoms with Gasteiger partial charge in [0.2, 0.25) is 0 Å². The summed E-state index contributed by atoms with van der Waals surface area (Å²) in [5.74, 6) is 0. The summed E-state index contributed by atoms with van der Waals surface area (Å²) in [5.41, 5.74) is 13.8. The second kappa shape index (κ2) is 13.2. The Hall–Kier alpha value is -2.57. The van der Waals surface area contributed by atoms with E-state index in [0.717, 1.165) is 16.9 Å². The summed E-state index contributed by atoms with van der Waals surface area (Å²) in [5, 5.41) is 11.2. The van der Waals surface area contributed by atoms with E-state index in [4.69, 9.17) is 11.0 Å². The van der Waals surface area contributed by atoms with Crippen LogP contribution in [0.2, 0.25) is 0 Å². The number of rotatable bonds is 5. The average molecular weight is 520 g/mol. The molecule has 0 aromatic heterocycles. The molecule has 15 heteroatoms. The molecule has 0 amide bonds. The van der Waals surface area contributed by atoms with E-state index in [2.05, 4.69) is 20.8 Å². The summed E-state index contributed by atoms with van der Waals surface area (Å²) in [6.45, 7) is 0. The van der Waals surface area contributed by atoms with Crippen molar-refractivity contribution in [3.05, 3.63) is 72.8 Å². The summed E-state index contributed by atoms with van der Waals surface area (Å²) in [6.07, 6.45) is 0. The maximum absolute atomic E-state index is 10.5. The van der Waals surface area contributed by atoms with Gasteiger partial charge in [-0.15, -0.1) is 4.33 Å². The topological polar surface area (TPSA) is 234 Å². The van der Waals surface area contributed by atoms with Crippen molar-refractivity contribution in [1.82, 2.24) is 0 Å². The van der Waals surface area contributed by atoms with Crippen LogP contribution in [0.3, 0.4) is 0 Å². The van der Waals surface area contributed by atoms with Crippen LogP contribution in [0, 0.1) is 0 Å². The molecule has 9 N–H and O–H groups in total. The lowest BCUT2D eigenvalue weighted by molar-refractivity contribution is -0.432. The van der Waals surface area contributed by atoms with Gasteiger partial charge < -0.3 is 26.3 Å². The standard InChI is InChI=1S/3C6H7NO3S/c7-5-1-3-6(4-2-5)11-10-9-8;7-5-2-1-3-6(4-5)11(8,9)10;7-5-3-1-2-4-6(5)11(8,9)10/h1-4,8H,7H2;2*1-4H,7H2,(H,8,9,10). The molecule has 0 unspecified atom stereocenters. The van der Waals surface area contributed by atoms with Crippen LogP contribution in [-0.2, 0) is 29.6 Å². The number of anilines is 1. The third-order valence-corrected chi connectivity index (χ3v) is 5.83. The second-order valence-corrected chi connectivity index (χ2v) is 9.46. The Morgan fingerprint density at radius 2 is 1.45 bits per heavy atom. The number of nitrogen functional groups attached to an aromatic ring is 1. The molecule has 3 rings (SSSR count). The Morgan fingerprint density at radius 3 is 1.88 bits per heavy atom. The first-order valence-electron chi connectivity index (χ1n) is 8.59. The number of hydrogen-bond donors (Lipinski definition) is 4. The van der Waals surface area contributed by atoms with Crippen molar-refractivity contribution in [2.75, 3.05) is 5.73 Å². The summed E-state index contributed by atoms with van der Waals surface area (Å²) in [6, 6.07) is 18.4. The Morgan fingerprint density at radius 1 is 0.848 bits per heavy atom. The molecule has 0 heterocycles. The van der Waals surface area contributed by atoms with Gasteiger partial charge in [-0.1, -0.05) is 23.2 Å². The fourth-order valence-corrected chi connectivity index (χ4v) is 3.56. The molecule has 0 spiro atoms. The second-order valence-electron chi connectivity index (χ2n) is 5.96. The molecule has 12 nitrogen and oxygen atoms in total. The van der Waals surface area contributed by atoms with Gasteiger partial charge in [0.1, 0.15) is 36.5 Å². The minimum atomic E-state index is -4.35. The first kappa shape index (κ1) is 28.5. The van der Waals surface area contributed by atoms with Crippen molar-refractivity contribution in [2.45, 2.75) is 14.7 Å². The zero-order chi connectivity index (χ0) is 25.1. The van der Waals surface area contributed by atoms with Gasteiger partial charge in [-0.3, -0.25) is 0 Å². The van der Waals surface area contributed by atoms with E-state index in [1.165, 1.54) is 36.4 Å². The van der Waals surface area contributed by atoms with Gasteiger partial charge in [0.25, 0.3) is 0 Å². The molecule has 3 aromatic rings. The smallest absolute Gasteiger partial charge is 0.145 e. The molecule has 3 aromatic carbocycles. The van der Waals surface area contributed by atoms with Crippen LogP contribution in [0.1, 0.15) is 0 Å². The molecule has 180 valence electrons. The van der Waals surface area contributed by atoms with Gasteiger partial charge in [-0.05, 0) is 42.5 Å². The third kappa shape index (κ3) is 11.2. The zero-order valence-electron chi connectivity index (χ0n) is 16.9. The van der Waals surface area contributed by atoms with Crippen molar-refractivity contribution in [3.8, 4) is 0 Å². The monoisotopic (exact) mass is 519 g/mol. The van der Waals surface area contributed by atoms with Crippen LogP contribution >= 0.6 is 12.0 Å². The van der Waals surface area contributed by atoms with Gasteiger partial charge in [-0.2, -0.15) is 0 Å². The Kier molecular flexibility index (Phi) is 11.4. The van der Waals surface area contributed by atoms with Crippen molar-refractivity contribution in [2.24, 2.45) is 0 Å². The fourth-order valence-electron chi connectivity index (χ4n) is 2.03. The molecule has 0 radical (unpaired) electrons. The van der Waals surface area contributed by atoms with Crippen molar-refractivity contribution >= 4 is 49.3 Å². The number of quaternary nitrogens is 2. The van der Waals surface area contributed by atoms with Gasteiger partial charge in [0.05, 0.1) is 16.9 Å². The maximum atomic E-state index is 10.5. The van der Waals surface area contributed by atoms with E-state index in [9.17, 15) is 25.9 Å². The van der Waals surface area contributed by atoms with E-state index in [1.807, 2.05) is 0 Å². The summed E-state index contributed by atoms with van der Waals surface area (Å²) in [4.78, 5) is 0.318. The quantitative estimate of drug-likeness (QED) is 0.120. The molecule has 0 fully saturated rings. The molecule has 0 saturated heterocycles. The van der Waals surface area contributed by atoms with Crippen LogP contribution in [-0.4, -0.2) is 31.2 Å². The van der Waals surface area contributed by atoms with E-state index >= 15 is 0 Å². The molecule has 0 saturated carbocycles. The predicted octanol–water partition coefficient (Wildman–Crippen LogP) is 0.625. The molecular formula is C18H21N3O9S3. The lowest BCUT2D eigenvalue weighted by Gasteiger charge is -2.05. The molecule has 0 atom stereocenters. The average Bonchev–Trinajstić information content (AvgIpc) is 2.73. The highest BCUT2D eigenvalue weighted by Crippen LogP contribution is 2.19. The normalized spacial score (nSPS) is 10.9. The van der Waals surface area contributed by atoms with Crippen molar-refractivity contribution in [1.29, 1.82) is 0 Å². The lowest BCUT2D eigenvalue weighted by Crippen LogP contribution is -2.41. The van der Waals surface area contributed by atoms with Crippen LogP contribution < -0.4 is 17.2 Å². The van der Waals surface area contributed by atoms with Crippen molar-refractivity contribution < 1.29 is 52.0 Å². The van der Waals surface area contributed by atoms with Crippen LogP contribution in [0.4, 0.5) is 17.1 Å². The van der Waals surface area contributed by atoms with E-state index < -0.39 is 20.2 Å². The van der Waals surface area contributed by atoms with E-state index in [-0.39, 0.29) is 15.5 Å². The van der Waals surface area contributed by atoms with Crippen LogP contribution in [0.25, 0.3) is 0 Å². The SMILES string of the molecule is Nc1ccc(SOOO)cc1.[NH3+]c1cccc(S(=O)(=O)[O-])c1.[NH3+]c1ccccc1S(=O)(=O)[O-]. The highest BCUT2D eigenvalue weighted by Gasteiger charge is 2.06. The lowest BCUT2D eigenvalue weighted by atomic mass is 10.3. The summed E-state index contributed by atoms with van der Waals surface area (Å²) < 4.78 is 66.8. The largest absolute Gasteiger partial charge is 0.744 e. The molecular weight excluding hydrogens is 498 g/mol. The van der Waals surface area contributed by atoms with Gasteiger partial charge in [0.15, 0.2) is 0 Å². The minimum Gasteiger partial charge on any atom is -0.744 e. The first-order chi connectivity index (χ1) is 15.3. The highest BCUT2D eigenvalue weighted by atomic mass is 32.2. The Labute approximate surface area is 194 Å². The maximum Gasteiger partial charge on any atom is 0.145 e. The van der Waals surface area contributed by atoms with Gasteiger partial charge >= 0.3 is 0 Å². The van der Waals surface area contributed by atoms with Crippen molar-refractivity contribution in [3.63, 3.8) is 0 Å². The fraction of sp³-hybridized carbons (Fsp3) is 0. The predicted molar refractivity (Wildman–Crippen MR) is 115 cm³/mol. The number of hydrogen-bond acceptors (Lipinski definition) is 11. The molecule has 0 aliphatic carbocycles. The summed E-state index contributed by atoms with van der Waals surface area (Å²) in [7, 11) is -8.66. The molecule has 33 heavy (non-hydrogen) atoms.